The Hall–Kier alpha value is -3.26. The number of esters is 1. The molecule has 0 radical (unpaired) electrons. The molecular formula is C23H23NO6S. The van der Waals surface area contributed by atoms with Crippen LogP contribution in [0.5, 0.6) is 11.5 Å². The van der Waals surface area contributed by atoms with E-state index in [1.54, 1.807) is 24.3 Å². The van der Waals surface area contributed by atoms with Crippen LogP contribution in [-0.4, -0.2) is 48.9 Å². The average molecular weight is 442 g/mol. The maximum Gasteiger partial charge on any atom is 0.343 e. The molecule has 31 heavy (non-hydrogen) atoms. The Labute approximate surface area is 185 Å². The predicted molar refractivity (Wildman–Crippen MR) is 118 cm³/mol. The van der Waals surface area contributed by atoms with E-state index in [2.05, 4.69) is 4.74 Å². The standard InChI is InChI=1S/C23H23NO6S/c1-3-29-19-13-17(9-10-18(19)30-15-21(25)28-2)14-20-22(26)24(23(27)31-20)12-11-16-7-5-4-6-8-16/h4-10,13-14H,3,11-12,15H2,1-2H3/b20-14-. The molecule has 1 fully saturated rings. The van der Waals surface area contributed by atoms with E-state index >= 15 is 0 Å². The number of ether oxygens (including phenoxy) is 3. The van der Waals surface area contributed by atoms with Crippen LogP contribution in [0.1, 0.15) is 18.1 Å². The van der Waals surface area contributed by atoms with Crippen LogP contribution in [0.15, 0.2) is 53.4 Å². The van der Waals surface area contributed by atoms with Gasteiger partial charge in [-0.25, -0.2) is 4.79 Å². The van der Waals surface area contributed by atoms with Gasteiger partial charge in [0.05, 0.1) is 18.6 Å². The van der Waals surface area contributed by atoms with Crippen molar-refractivity contribution in [3.63, 3.8) is 0 Å². The maximum atomic E-state index is 12.7. The van der Waals surface area contributed by atoms with Crippen molar-refractivity contribution in [2.75, 3.05) is 26.9 Å². The summed E-state index contributed by atoms with van der Waals surface area (Å²) in [5.41, 5.74) is 1.75. The lowest BCUT2D eigenvalue weighted by Gasteiger charge is -2.12. The minimum absolute atomic E-state index is 0.240. The number of benzene rings is 2. The number of hydrogen-bond acceptors (Lipinski definition) is 7. The fourth-order valence-electron chi connectivity index (χ4n) is 2.93. The highest BCUT2D eigenvalue weighted by atomic mass is 32.2. The summed E-state index contributed by atoms with van der Waals surface area (Å²) in [6.07, 6.45) is 2.26. The second-order valence-electron chi connectivity index (χ2n) is 6.57. The van der Waals surface area contributed by atoms with E-state index in [-0.39, 0.29) is 17.8 Å². The van der Waals surface area contributed by atoms with Crippen LogP contribution < -0.4 is 9.47 Å². The second-order valence-corrected chi connectivity index (χ2v) is 7.57. The zero-order valence-corrected chi connectivity index (χ0v) is 18.1. The molecule has 8 heteroatoms. The molecule has 2 aromatic carbocycles. The first-order valence-corrected chi connectivity index (χ1v) is 10.6. The Morgan fingerprint density at radius 3 is 2.55 bits per heavy atom. The van der Waals surface area contributed by atoms with Gasteiger partial charge in [-0.15, -0.1) is 0 Å². The first kappa shape index (κ1) is 22.4. The minimum atomic E-state index is -0.504. The molecule has 0 bridgehead atoms. The summed E-state index contributed by atoms with van der Waals surface area (Å²) in [6, 6.07) is 14.8. The lowest BCUT2D eigenvalue weighted by Crippen LogP contribution is -2.30. The van der Waals surface area contributed by atoms with Crippen molar-refractivity contribution in [1.82, 2.24) is 4.90 Å². The van der Waals surface area contributed by atoms with Gasteiger partial charge in [-0.05, 0) is 54.4 Å². The Balaban J connectivity index is 1.72. The normalized spacial score (nSPS) is 14.8. The number of thioether (sulfide) groups is 1. The summed E-state index contributed by atoms with van der Waals surface area (Å²) in [7, 11) is 1.28. The summed E-state index contributed by atoms with van der Waals surface area (Å²) in [6.45, 7) is 2.32. The minimum Gasteiger partial charge on any atom is -0.490 e. The highest BCUT2D eigenvalue weighted by Crippen LogP contribution is 2.34. The smallest absolute Gasteiger partial charge is 0.343 e. The van der Waals surface area contributed by atoms with Gasteiger partial charge in [0.2, 0.25) is 0 Å². The molecule has 1 aliphatic rings. The Kier molecular flexibility index (Phi) is 7.72. The van der Waals surface area contributed by atoms with Gasteiger partial charge < -0.3 is 14.2 Å². The molecule has 0 atom stereocenters. The van der Waals surface area contributed by atoms with Gasteiger partial charge in [-0.3, -0.25) is 14.5 Å². The van der Waals surface area contributed by atoms with Crippen LogP contribution in [0.25, 0.3) is 6.08 Å². The van der Waals surface area contributed by atoms with Crippen molar-refractivity contribution >= 4 is 35.0 Å². The zero-order chi connectivity index (χ0) is 22.2. The second kappa shape index (κ2) is 10.7. The highest BCUT2D eigenvalue weighted by molar-refractivity contribution is 8.18. The molecule has 0 aliphatic carbocycles. The number of hydrogen-bond donors (Lipinski definition) is 0. The molecule has 162 valence electrons. The van der Waals surface area contributed by atoms with Crippen molar-refractivity contribution in [2.45, 2.75) is 13.3 Å². The molecule has 0 aromatic heterocycles. The van der Waals surface area contributed by atoms with E-state index in [1.807, 2.05) is 37.3 Å². The van der Waals surface area contributed by atoms with E-state index in [4.69, 9.17) is 9.47 Å². The van der Waals surface area contributed by atoms with Gasteiger partial charge in [0.15, 0.2) is 18.1 Å². The van der Waals surface area contributed by atoms with Crippen molar-refractivity contribution < 1.29 is 28.6 Å². The maximum absolute atomic E-state index is 12.7. The van der Waals surface area contributed by atoms with Gasteiger partial charge in [0, 0.05) is 6.54 Å². The molecule has 0 unspecified atom stereocenters. The van der Waals surface area contributed by atoms with Crippen molar-refractivity contribution in [3.05, 3.63) is 64.6 Å². The first-order chi connectivity index (χ1) is 15.0. The third kappa shape index (κ3) is 5.88. The number of methoxy groups -OCH3 is 1. The van der Waals surface area contributed by atoms with Gasteiger partial charge in [-0.1, -0.05) is 36.4 Å². The van der Waals surface area contributed by atoms with Crippen LogP contribution in [0, 0.1) is 0 Å². The number of imide groups is 1. The van der Waals surface area contributed by atoms with E-state index in [0.29, 0.717) is 41.5 Å². The quantitative estimate of drug-likeness (QED) is 0.431. The van der Waals surface area contributed by atoms with E-state index in [9.17, 15) is 14.4 Å². The fraction of sp³-hybridized carbons (Fsp3) is 0.261. The highest BCUT2D eigenvalue weighted by Gasteiger charge is 2.34. The Morgan fingerprint density at radius 1 is 1.06 bits per heavy atom. The Bertz CT molecular complexity index is 989. The summed E-state index contributed by atoms with van der Waals surface area (Å²) in [5.74, 6) is 0.00874. The molecule has 1 saturated heterocycles. The lowest BCUT2D eigenvalue weighted by molar-refractivity contribution is -0.142. The van der Waals surface area contributed by atoms with Crippen LogP contribution in [0.2, 0.25) is 0 Å². The van der Waals surface area contributed by atoms with Crippen LogP contribution in [0.3, 0.4) is 0 Å². The SMILES string of the molecule is CCOc1cc(/C=C2\SC(=O)N(CCc3ccccc3)C2=O)ccc1OCC(=O)OC. The zero-order valence-electron chi connectivity index (χ0n) is 17.3. The molecule has 0 spiro atoms. The largest absolute Gasteiger partial charge is 0.490 e. The van der Waals surface area contributed by atoms with Crippen LogP contribution in [0.4, 0.5) is 4.79 Å². The van der Waals surface area contributed by atoms with Crippen molar-refractivity contribution in [1.29, 1.82) is 0 Å². The summed E-state index contributed by atoms with van der Waals surface area (Å²) >= 11 is 0.918. The number of rotatable bonds is 9. The molecule has 7 nitrogen and oxygen atoms in total. The number of carbonyl (C=O) groups is 3. The topological polar surface area (TPSA) is 82.1 Å². The number of carbonyl (C=O) groups excluding carboxylic acids is 3. The molecule has 1 heterocycles. The van der Waals surface area contributed by atoms with Crippen molar-refractivity contribution in [2.24, 2.45) is 0 Å². The van der Waals surface area contributed by atoms with Crippen LogP contribution >= 0.6 is 11.8 Å². The molecule has 3 rings (SSSR count). The predicted octanol–water partition coefficient (Wildman–Crippen LogP) is 3.92. The summed E-state index contributed by atoms with van der Waals surface area (Å²) < 4.78 is 15.6. The van der Waals surface area contributed by atoms with Gasteiger partial charge in [0.1, 0.15) is 0 Å². The van der Waals surface area contributed by atoms with Gasteiger partial charge in [-0.2, -0.15) is 0 Å². The number of amides is 2. The van der Waals surface area contributed by atoms with E-state index < -0.39 is 5.97 Å². The molecular weight excluding hydrogens is 418 g/mol. The molecule has 0 N–H and O–H groups in total. The van der Waals surface area contributed by atoms with Gasteiger partial charge >= 0.3 is 5.97 Å². The monoisotopic (exact) mass is 441 g/mol. The molecule has 1 aliphatic heterocycles. The fourth-order valence-corrected chi connectivity index (χ4v) is 3.79. The number of nitrogens with zero attached hydrogens (tertiary/aromatic N) is 1. The third-order valence-corrected chi connectivity index (χ3v) is 5.39. The average Bonchev–Trinajstić information content (AvgIpc) is 3.04. The third-order valence-electron chi connectivity index (χ3n) is 4.48. The van der Waals surface area contributed by atoms with E-state index in [1.165, 1.54) is 12.0 Å². The van der Waals surface area contributed by atoms with Crippen molar-refractivity contribution in [3.8, 4) is 11.5 Å². The first-order valence-electron chi connectivity index (χ1n) is 9.77. The molecule has 2 amide bonds. The Morgan fingerprint density at radius 2 is 1.84 bits per heavy atom. The molecule has 2 aromatic rings. The van der Waals surface area contributed by atoms with Gasteiger partial charge in [0.25, 0.3) is 11.1 Å². The lowest BCUT2D eigenvalue weighted by atomic mass is 10.1. The summed E-state index contributed by atoms with van der Waals surface area (Å²) in [5, 5.41) is -0.282. The summed E-state index contributed by atoms with van der Waals surface area (Å²) in [4.78, 5) is 38.0. The van der Waals surface area contributed by atoms with E-state index in [0.717, 1.165) is 17.3 Å². The molecule has 0 saturated carbocycles. The van der Waals surface area contributed by atoms with Crippen LogP contribution in [-0.2, 0) is 20.7 Å².